The van der Waals surface area contributed by atoms with Crippen LogP contribution in [-0.2, 0) is 22.0 Å². The second-order valence-electron chi connectivity index (χ2n) is 8.93. The van der Waals surface area contributed by atoms with E-state index in [0.717, 1.165) is 53.9 Å². The number of rotatable bonds is 5. The topological polar surface area (TPSA) is 76.7 Å². The van der Waals surface area contributed by atoms with Gasteiger partial charge in [-0.15, -0.1) is 0 Å². The van der Waals surface area contributed by atoms with Gasteiger partial charge in [0.15, 0.2) is 0 Å². The normalized spacial score (nSPS) is 22.4. The van der Waals surface area contributed by atoms with Gasteiger partial charge >= 0.3 is 0 Å². The number of nitrogens with zero attached hydrogens (tertiary/aromatic N) is 1. The molecule has 1 saturated carbocycles. The molecule has 1 aliphatic heterocycles. The third-order valence-electron chi connectivity index (χ3n) is 5.36. The number of nitrogens with one attached hydrogen (secondary N) is 1. The molecule has 0 radical (unpaired) electrons. The molecule has 7 heteroatoms. The van der Waals surface area contributed by atoms with Crippen molar-refractivity contribution in [2.75, 3.05) is 11.1 Å². The van der Waals surface area contributed by atoms with Crippen LogP contribution in [0.5, 0.6) is 0 Å². The average Bonchev–Trinajstić information content (AvgIpc) is 3.26. The Balaban J connectivity index is 0.00000137. The summed E-state index contributed by atoms with van der Waals surface area (Å²) in [6, 6.07) is 3.75. The zero-order valence-electron chi connectivity index (χ0n) is 22.0. The maximum Gasteiger partial charge on any atom is 0.127 e. The zero-order valence-corrected chi connectivity index (χ0v) is 23.6. The SMILES string of the molecule is C=COC1CCC(/C(N)=C/C(=NC(C)(C)C)Nc2ccc(Cl)c3c2CCCS3=O)C1.CC.CC. The number of nitrogens with two attached hydrogens (primary N) is 1. The van der Waals surface area contributed by atoms with Crippen molar-refractivity contribution in [3.63, 3.8) is 0 Å². The first-order valence-electron chi connectivity index (χ1n) is 12.5. The monoisotopic (exact) mass is 509 g/mol. The Kier molecular flexibility index (Phi) is 13.0. The molecule has 192 valence electrons. The Hall–Kier alpha value is -1.79. The molecule has 3 unspecified atom stereocenters. The summed E-state index contributed by atoms with van der Waals surface area (Å²) < 4.78 is 18.1. The molecular weight excluding hydrogens is 466 g/mol. The Morgan fingerprint density at radius 2 is 1.94 bits per heavy atom. The lowest BCUT2D eigenvalue weighted by Gasteiger charge is -2.23. The van der Waals surface area contributed by atoms with Gasteiger partial charge < -0.3 is 15.8 Å². The zero-order chi connectivity index (χ0) is 25.9. The van der Waals surface area contributed by atoms with Crippen molar-refractivity contribution in [2.45, 2.75) is 97.1 Å². The number of ether oxygens (including phenoxy) is 1. The summed E-state index contributed by atoms with van der Waals surface area (Å²) in [6.07, 6.45) is 8.18. The molecule has 2 aliphatic rings. The predicted octanol–water partition coefficient (Wildman–Crippen LogP) is 7.23. The molecule has 0 amide bonds. The first-order chi connectivity index (χ1) is 16.2. The molecular formula is C27H44ClN3O2S. The number of benzene rings is 1. The molecule has 1 fully saturated rings. The van der Waals surface area contributed by atoms with Gasteiger partial charge in [0.1, 0.15) is 5.84 Å². The van der Waals surface area contributed by atoms with Crippen molar-refractivity contribution >= 4 is 33.9 Å². The molecule has 1 heterocycles. The predicted molar refractivity (Wildman–Crippen MR) is 149 cm³/mol. The van der Waals surface area contributed by atoms with Gasteiger partial charge in [0.2, 0.25) is 0 Å². The Labute approximate surface area is 214 Å². The lowest BCUT2D eigenvalue weighted by Crippen LogP contribution is -2.23. The van der Waals surface area contributed by atoms with Crippen LogP contribution in [0.4, 0.5) is 5.69 Å². The molecule has 0 saturated heterocycles. The van der Waals surface area contributed by atoms with Gasteiger partial charge in [0.25, 0.3) is 0 Å². The van der Waals surface area contributed by atoms with E-state index in [1.807, 2.05) is 45.9 Å². The van der Waals surface area contributed by atoms with E-state index in [-0.39, 0.29) is 17.6 Å². The fourth-order valence-electron chi connectivity index (χ4n) is 4.07. The number of hydrogen-bond acceptors (Lipinski definition) is 4. The average molecular weight is 510 g/mol. The highest BCUT2D eigenvalue weighted by Gasteiger charge is 2.28. The van der Waals surface area contributed by atoms with Crippen LogP contribution in [0.25, 0.3) is 0 Å². The maximum atomic E-state index is 12.5. The minimum Gasteiger partial charge on any atom is -0.499 e. The highest BCUT2D eigenvalue weighted by Crippen LogP contribution is 2.35. The van der Waals surface area contributed by atoms with Gasteiger partial charge in [0.05, 0.1) is 38.6 Å². The Bertz CT molecular complexity index is 891. The molecule has 5 nitrogen and oxygen atoms in total. The third kappa shape index (κ3) is 8.77. The number of allylic oxidation sites excluding steroid dienone is 1. The van der Waals surface area contributed by atoms with Crippen LogP contribution in [0.1, 0.15) is 79.7 Å². The molecule has 3 rings (SSSR count). The van der Waals surface area contributed by atoms with Gasteiger partial charge in [0, 0.05) is 23.1 Å². The van der Waals surface area contributed by atoms with E-state index in [4.69, 9.17) is 27.1 Å². The van der Waals surface area contributed by atoms with Gasteiger partial charge in [-0.3, -0.25) is 9.20 Å². The number of fused-ring (bicyclic) bond motifs is 1. The van der Waals surface area contributed by atoms with Crippen molar-refractivity contribution in [1.29, 1.82) is 0 Å². The lowest BCUT2D eigenvalue weighted by atomic mass is 10.0. The van der Waals surface area contributed by atoms with Crippen molar-refractivity contribution in [3.05, 3.63) is 47.3 Å². The largest absolute Gasteiger partial charge is 0.499 e. The highest BCUT2D eigenvalue weighted by atomic mass is 35.5. The highest BCUT2D eigenvalue weighted by molar-refractivity contribution is 7.85. The van der Waals surface area contributed by atoms with E-state index < -0.39 is 10.8 Å². The molecule has 1 aromatic rings. The van der Waals surface area contributed by atoms with E-state index in [1.54, 1.807) is 0 Å². The first kappa shape index (κ1) is 30.2. The van der Waals surface area contributed by atoms with Crippen molar-refractivity contribution in [2.24, 2.45) is 16.6 Å². The number of hydrogen-bond donors (Lipinski definition) is 2. The fourth-order valence-corrected chi connectivity index (χ4v) is 5.88. The minimum absolute atomic E-state index is 0.175. The molecule has 34 heavy (non-hydrogen) atoms. The summed E-state index contributed by atoms with van der Waals surface area (Å²) in [7, 11) is -1.06. The standard InChI is InChI=1S/C23H32ClN3O2S.2C2H6/c1-5-29-16-9-8-15(13-16)19(25)14-21(27-23(2,3)4)26-20-11-10-18(24)22-17(20)7-6-12-30(22)28;2*1-2/h5,10-11,14-16H,1,6-9,12-13,25H2,2-4H3,(H,26,27);2*1-2H3/b19-14-;;. The van der Waals surface area contributed by atoms with Gasteiger partial charge in [-0.1, -0.05) is 45.9 Å². The summed E-state index contributed by atoms with van der Waals surface area (Å²) in [4.78, 5) is 5.60. The molecule has 1 aromatic carbocycles. The lowest BCUT2D eigenvalue weighted by molar-refractivity contribution is 0.149. The van der Waals surface area contributed by atoms with E-state index >= 15 is 0 Å². The van der Waals surface area contributed by atoms with Crippen LogP contribution in [-0.4, -0.2) is 27.4 Å². The van der Waals surface area contributed by atoms with Gasteiger partial charge in [-0.2, -0.15) is 0 Å². The van der Waals surface area contributed by atoms with Crippen molar-refractivity contribution < 1.29 is 8.95 Å². The molecule has 3 atom stereocenters. The molecule has 1 aliphatic carbocycles. The van der Waals surface area contributed by atoms with E-state index in [0.29, 0.717) is 16.6 Å². The summed E-state index contributed by atoms with van der Waals surface area (Å²) in [5.41, 5.74) is 8.91. The van der Waals surface area contributed by atoms with E-state index in [2.05, 4.69) is 32.7 Å². The smallest absolute Gasteiger partial charge is 0.127 e. The van der Waals surface area contributed by atoms with Crippen LogP contribution >= 0.6 is 11.6 Å². The van der Waals surface area contributed by atoms with Crippen molar-refractivity contribution in [3.8, 4) is 0 Å². The van der Waals surface area contributed by atoms with Gasteiger partial charge in [-0.05, 0) is 76.6 Å². The van der Waals surface area contributed by atoms with E-state index in [9.17, 15) is 4.21 Å². The number of aliphatic imine (C=N–C) groups is 1. The first-order valence-corrected chi connectivity index (χ1v) is 14.2. The van der Waals surface area contributed by atoms with E-state index in [1.165, 1.54) is 6.26 Å². The van der Waals surface area contributed by atoms with Crippen LogP contribution in [0.2, 0.25) is 5.02 Å². The molecule has 0 bridgehead atoms. The summed E-state index contributed by atoms with van der Waals surface area (Å²) in [6.45, 7) is 17.8. The summed E-state index contributed by atoms with van der Waals surface area (Å²) in [5.74, 6) is 1.62. The maximum absolute atomic E-state index is 12.5. The van der Waals surface area contributed by atoms with Crippen LogP contribution in [0.3, 0.4) is 0 Å². The Morgan fingerprint density at radius 3 is 2.56 bits per heavy atom. The van der Waals surface area contributed by atoms with Crippen LogP contribution in [0.15, 0.2) is 46.6 Å². The third-order valence-corrected chi connectivity index (χ3v) is 7.37. The number of halogens is 1. The van der Waals surface area contributed by atoms with Crippen LogP contribution < -0.4 is 11.1 Å². The van der Waals surface area contributed by atoms with Crippen LogP contribution in [0, 0.1) is 5.92 Å². The quantitative estimate of drug-likeness (QED) is 0.249. The molecule has 0 aromatic heterocycles. The summed E-state index contributed by atoms with van der Waals surface area (Å²) in [5, 5.41) is 4.02. The fraction of sp³-hybridized carbons (Fsp3) is 0.593. The second kappa shape index (κ2) is 14.6. The second-order valence-corrected chi connectivity index (χ2v) is 10.8. The van der Waals surface area contributed by atoms with Crippen molar-refractivity contribution in [1.82, 2.24) is 0 Å². The molecule has 0 spiro atoms. The molecule has 3 N–H and O–H groups in total. The summed E-state index contributed by atoms with van der Waals surface area (Å²) >= 11 is 6.36. The minimum atomic E-state index is -1.06. The number of amidine groups is 1. The Morgan fingerprint density at radius 1 is 1.26 bits per heavy atom. The number of anilines is 1. The van der Waals surface area contributed by atoms with Gasteiger partial charge in [-0.25, -0.2) is 0 Å².